The number of nitrogens with zero attached hydrogens (tertiary/aromatic N) is 2. The molecular formula is C29H28N2O6. The van der Waals surface area contributed by atoms with Crippen LogP contribution in [0.3, 0.4) is 0 Å². The Morgan fingerprint density at radius 3 is 2.19 bits per heavy atom. The topological polar surface area (TPSA) is 110 Å². The lowest BCUT2D eigenvalue weighted by molar-refractivity contribution is -0.384. The van der Waals surface area contributed by atoms with Crippen LogP contribution in [0.4, 0.5) is 5.69 Å². The number of para-hydroxylation sites is 1. The number of benzene rings is 3. The number of amides is 1. The molecule has 1 unspecified atom stereocenters. The van der Waals surface area contributed by atoms with E-state index in [-0.39, 0.29) is 34.5 Å². The molecule has 0 spiro atoms. The maximum Gasteiger partial charge on any atom is 0.295 e. The van der Waals surface area contributed by atoms with Crippen molar-refractivity contribution in [2.75, 3.05) is 7.11 Å². The van der Waals surface area contributed by atoms with Crippen LogP contribution in [-0.2, 0) is 21.5 Å². The standard InChI is InChI=1S/C29H28N2O6/c1-29(2,3)21-13-9-18(10-14-21)25-24(26(32)19-11-15-22(16-12-19)31(35)36)27(33)28(34)30(25)17-20-7-5-6-8-23(20)37-4/h5-16,25,32H,17H2,1-4H3/b26-24-. The first-order valence-electron chi connectivity index (χ1n) is 11.8. The zero-order valence-electron chi connectivity index (χ0n) is 21.1. The number of ether oxygens (including phenoxy) is 1. The van der Waals surface area contributed by atoms with Crippen molar-refractivity contribution in [1.82, 2.24) is 4.90 Å². The van der Waals surface area contributed by atoms with Crippen LogP contribution < -0.4 is 4.74 Å². The van der Waals surface area contributed by atoms with E-state index in [1.54, 1.807) is 6.07 Å². The van der Waals surface area contributed by atoms with Crippen molar-refractivity contribution in [1.29, 1.82) is 0 Å². The van der Waals surface area contributed by atoms with Crippen LogP contribution in [-0.4, -0.2) is 33.7 Å². The van der Waals surface area contributed by atoms with Crippen LogP contribution in [0.25, 0.3) is 5.76 Å². The number of methoxy groups -OCH3 is 1. The number of aliphatic hydroxyl groups excluding tert-OH is 1. The normalized spacial score (nSPS) is 17.2. The number of hydrogen-bond donors (Lipinski definition) is 1. The molecule has 1 fully saturated rings. The summed E-state index contributed by atoms with van der Waals surface area (Å²) in [6.45, 7) is 6.34. The van der Waals surface area contributed by atoms with E-state index in [4.69, 9.17) is 4.74 Å². The molecule has 190 valence electrons. The number of carbonyl (C=O) groups excluding carboxylic acids is 2. The number of ketones is 1. The number of Topliss-reactive ketones (excluding diaryl/α,β-unsaturated/α-hetero) is 1. The summed E-state index contributed by atoms with van der Waals surface area (Å²) >= 11 is 0. The number of nitro groups is 1. The van der Waals surface area contributed by atoms with Crippen molar-refractivity contribution < 1.29 is 24.4 Å². The predicted octanol–water partition coefficient (Wildman–Crippen LogP) is 5.52. The summed E-state index contributed by atoms with van der Waals surface area (Å²) in [6, 6.07) is 19.2. The van der Waals surface area contributed by atoms with E-state index in [0.717, 1.165) is 5.56 Å². The van der Waals surface area contributed by atoms with E-state index in [1.165, 1.54) is 36.3 Å². The third-order valence-corrected chi connectivity index (χ3v) is 6.52. The van der Waals surface area contributed by atoms with E-state index in [1.807, 2.05) is 42.5 Å². The lowest BCUT2D eigenvalue weighted by atomic mass is 9.85. The third-order valence-electron chi connectivity index (χ3n) is 6.52. The molecule has 1 heterocycles. The largest absolute Gasteiger partial charge is 0.507 e. The molecule has 1 aliphatic heterocycles. The van der Waals surface area contributed by atoms with Crippen LogP contribution in [0, 0.1) is 10.1 Å². The SMILES string of the molecule is COc1ccccc1CN1C(=O)C(=O)/C(=C(\O)c2ccc([N+](=O)[O-])cc2)C1c1ccc(C(C)(C)C)cc1. The molecule has 4 rings (SSSR count). The molecule has 1 aliphatic rings. The Kier molecular flexibility index (Phi) is 6.85. The van der Waals surface area contributed by atoms with Gasteiger partial charge in [0.1, 0.15) is 11.5 Å². The first-order chi connectivity index (χ1) is 17.5. The smallest absolute Gasteiger partial charge is 0.295 e. The van der Waals surface area contributed by atoms with Gasteiger partial charge in [-0.1, -0.05) is 63.2 Å². The highest BCUT2D eigenvalue weighted by Crippen LogP contribution is 2.41. The van der Waals surface area contributed by atoms with Crippen LogP contribution >= 0.6 is 0 Å². The Balaban J connectivity index is 1.86. The van der Waals surface area contributed by atoms with Gasteiger partial charge in [-0.2, -0.15) is 0 Å². The van der Waals surface area contributed by atoms with Crippen LogP contribution in [0.5, 0.6) is 5.75 Å². The number of nitro benzene ring substituents is 1. The Hall–Kier alpha value is -4.46. The Morgan fingerprint density at radius 2 is 1.62 bits per heavy atom. The fraction of sp³-hybridized carbons (Fsp3) is 0.241. The average molecular weight is 501 g/mol. The van der Waals surface area contributed by atoms with Crippen LogP contribution in [0.1, 0.15) is 49.1 Å². The fourth-order valence-corrected chi connectivity index (χ4v) is 4.47. The van der Waals surface area contributed by atoms with E-state index in [0.29, 0.717) is 16.9 Å². The minimum Gasteiger partial charge on any atom is -0.507 e. The van der Waals surface area contributed by atoms with Gasteiger partial charge >= 0.3 is 0 Å². The molecule has 1 N–H and O–H groups in total. The van der Waals surface area contributed by atoms with Crippen molar-refractivity contribution in [3.63, 3.8) is 0 Å². The van der Waals surface area contributed by atoms with Crippen molar-refractivity contribution in [3.8, 4) is 5.75 Å². The molecule has 8 nitrogen and oxygen atoms in total. The first-order valence-corrected chi connectivity index (χ1v) is 11.8. The number of rotatable bonds is 6. The van der Waals surface area contributed by atoms with Crippen molar-refractivity contribution in [2.45, 2.75) is 38.8 Å². The second-order valence-electron chi connectivity index (χ2n) is 9.91. The summed E-state index contributed by atoms with van der Waals surface area (Å²) in [4.78, 5) is 38.5. The van der Waals surface area contributed by atoms with Gasteiger partial charge in [0, 0.05) is 23.3 Å². The molecule has 3 aromatic rings. The Labute approximate surface area is 215 Å². The summed E-state index contributed by atoms with van der Waals surface area (Å²) in [7, 11) is 1.53. The van der Waals surface area contributed by atoms with Gasteiger partial charge in [-0.05, 0) is 34.7 Å². The van der Waals surface area contributed by atoms with Gasteiger partial charge in [0.15, 0.2) is 0 Å². The van der Waals surface area contributed by atoms with Crippen LogP contribution in [0.15, 0.2) is 78.4 Å². The van der Waals surface area contributed by atoms with Gasteiger partial charge in [0.25, 0.3) is 17.4 Å². The average Bonchev–Trinajstić information content (AvgIpc) is 3.13. The fourth-order valence-electron chi connectivity index (χ4n) is 4.47. The highest BCUT2D eigenvalue weighted by Gasteiger charge is 2.46. The van der Waals surface area contributed by atoms with E-state index >= 15 is 0 Å². The predicted molar refractivity (Wildman–Crippen MR) is 139 cm³/mol. The number of carbonyl (C=O) groups is 2. The second kappa shape index (κ2) is 9.89. The molecule has 0 bridgehead atoms. The molecule has 0 radical (unpaired) electrons. The highest BCUT2D eigenvalue weighted by atomic mass is 16.6. The lowest BCUT2D eigenvalue weighted by Crippen LogP contribution is -2.29. The van der Waals surface area contributed by atoms with Crippen molar-refractivity contribution >= 4 is 23.1 Å². The Bertz CT molecular complexity index is 1390. The molecule has 37 heavy (non-hydrogen) atoms. The van der Waals surface area contributed by atoms with Gasteiger partial charge in [-0.25, -0.2) is 0 Å². The van der Waals surface area contributed by atoms with E-state index < -0.39 is 22.7 Å². The minimum absolute atomic E-state index is 0.0720. The monoisotopic (exact) mass is 500 g/mol. The summed E-state index contributed by atoms with van der Waals surface area (Å²) in [6.07, 6.45) is 0. The van der Waals surface area contributed by atoms with Crippen molar-refractivity contribution in [3.05, 3.63) is 111 Å². The first kappa shape index (κ1) is 25.6. The molecule has 3 aromatic carbocycles. The summed E-state index contributed by atoms with van der Waals surface area (Å²) in [5, 5.41) is 22.3. The zero-order valence-corrected chi connectivity index (χ0v) is 21.1. The van der Waals surface area contributed by atoms with E-state index in [9.17, 15) is 24.8 Å². The van der Waals surface area contributed by atoms with E-state index in [2.05, 4.69) is 20.8 Å². The van der Waals surface area contributed by atoms with Gasteiger partial charge in [-0.3, -0.25) is 19.7 Å². The maximum absolute atomic E-state index is 13.3. The molecule has 1 atom stereocenters. The quantitative estimate of drug-likeness (QED) is 0.157. The van der Waals surface area contributed by atoms with Gasteiger partial charge < -0.3 is 14.7 Å². The number of hydrogen-bond acceptors (Lipinski definition) is 6. The number of non-ortho nitro benzene ring substituents is 1. The summed E-state index contributed by atoms with van der Waals surface area (Å²) in [5.74, 6) is -1.39. The summed E-state index contributed by atoms with van der Waals surface area (Å²) < 4.78 is 5.45. The second-order valence-corrected chi connectivity index (χ2v) is 9.91. The molecule has 1 amide bonds. The number of aliphatic hydroxyl groups is 1. The van der Waals surface area contributed by atoms with Crippen LogP contribution in [0.2, 0.25) is 0 Å². The zero-order chi connectivity index (χ0) is 26.9. The molecule has 1 saturated heterocycles. The molecule has 8 heteroatoms. The molecular weight excluding hydrogens is 472 g/mol. The molecule has 0 aliphatic carbocycles. The van der Waals surface area contributed by atoms with Crippen molar-refractivity contribution in [2.24, 2.45) is 0 Å². The third kappa shape index (κ3) is 4.95. The molecule has 0 aromatic heterocycles. The highest BCUT2D eigenvalue weighted by molar-refractivity contribution is 6.46. The minimum atomic E-state index is -0.867. The maximum atomic E-state index is 13.3. The molecule has 0 saturated carbocycles. The lowest BCUT2D eigenvalue weighted by Gasteiger charge is -2.27. The number of likely N-dealkylation sites (tertiary alicyclic amines) is 1. The van der Waals surface area contributed by atoms with Gasteiger partial charge in [0.05, 0.1) is 30.2 Å². The van der Waals surface area contributed by atoms with Gasteiger partial charge in [-0.15, -0.1) is 0 Å². The van der Waals surface area contributed by atoms with Gasteiger partial charge in [0.2, 0.25) is 0 Å². The summed E-state index contributed by atoms with van der Waals surface area (Å²) in [5.41, 5.74) is 2.32. The Morgan fingerprint density at radius 1 is 1.00 bits per heavy atom.